The Balaban J connectivity index is 0. The largest absolute Gasteiger partial charge is 0.385 e. The maximum Gasteiger partial charge on any atom is 0.0459 e. The number of methoxy groups -OCH3 is 1. The molecule has 0 unspecified atom stereocenters. The molecule has 0 N–H and O–H groups in total. The van der Waals surface area contributed by atoms with Crippen molar-refractivity contribution in [2.24, 2.45) is 4.99 Å². The summed E-state index contributed by atoms with van der Waals surface area (Å²) in [7, 11) is 1.71. The van der Waals surface area contributed by atoms with Crippen LogP contribution in [0, 0.1) is 0 Å². The third-order valence-electron chi connectivity index (χ3n) is 1.06. The highest BCUT2D eigenvalue weighted by atomic mass is 16.5. The van der Waals surface area contributed by atoms with Gasteiger partial charge in [-0.3, -0.25) is 4.99 Å². The van der Waals surface area contributed by atoms with Crippen LogP contribution in [0.5, 0.6) is 0 Å². The molecule has 0 heterocycles. The fraction of sp³-hybridized carbons (Fsp3) is 0.900. The van der Waals surface area contributed by atoms with Crippen molar-refractivity contribution >= 4 is 5.71 Å². The average molecular weight is 173 g/mol. The van der Waals surface area contributed by atoms with Crippen LogP contribution in [0.2, 0.25) is 0 Å². The molecule has 0 fully saturated rings. The van der Waals surface area contributed by atoms with Crippen LogP contribution in [0.1, 0.15) is 40.5 Å². The minimum Gasteiger partial charge on any atom is -0.385 e. The molecule has 0 radical (unpaired) electrons. The quantitative estimate of drug-likeness (QED) is 0.599. The van der Waals surface area contributed by atoms with Gasteiger partial charge in [0, 0.05) is 26.0 Å². The maximum absolute atomic E-state index is 4.69. The molecule has 0 saturated heterocycles. The minimum absolute atomic E-state index is 0.889. The van der Waals surface area contributed by atoms with E-state index in [1.54, 1.807) is 7.11 Å². The van der Waals surface area contributed by atoms with Crippen molar-refractivity contribution in [2.45, 2.75) is 40.5 Å². The molecular formula is C10H23NO. The van der Waals surface area contributed by atoms with Crippen molar-refractivity contribution in [3.8, 4) is 0 Å². The Bertz CT molecular complexity index is 94.0. The lowest BCUT2D eigenvalue weighted by atomic mass is 10.4. The normalized spacial score (nSPS) is 8.42. The highest BCUT2D eigenvalue weighted by molar-refractivity contribution is 5.78. The molecule has 0 aromatic rings. The Kier molecular flexibility index (Phi) is 15.6. The van der Waals surface area contributed by atoms with Crippen molar-refractivity contribution in [2.75, 3.05) is 20.3 Å². The minimum atomic E-state index is 0.889. The lowest BCUT2D eigenvalue weighted by Crippen LogP contribution is -1.82. The third-order valence-corrected chi connectivity index (χ3v) is 1.06. The van der Waals surface area contributed by atoms with Crippen LogP contribution in [-0.2, 0) is 4.74 Å². The highest BCUT2D eigenvalue weighted by Crippen LogP contribution is 1.78. The summed E-state index contributed by atoms with van der Waals surface area (Å²) in [5.41, 5.74) is 1.18. The smallest absolute Gasteiger partial charge is 0.0459 e. The van der Waals surface area contributed by atoms with Gasteiger partial charge in [0.25, 0.3) is 0 Å². The summed E-state index contributed by atoms with van der Waals surface area (Å²) in [4.78, 5) is 4.16. The zero-order chi connectivity index (χ0) is 9.82. The second-order valence-corrected chi connectivity index (χ2v) is 2.82. The van der Waals surface area contributed by atoms with Crippen molar-refractivity contribution in [1.29, 1.82) is 0 Å². The van der Waals surface area contributed by atoms with Crippen molar-refractivity contribution < 1.29 is 4.74 Å². The lowest BCUT2D eigenvalue weighted by Gasteiger charge is -1.85. The predicted molar refractivity (Wildman–Crippen MR) is 56.1 cm³/mol. The summed E-state index contributed by atoms with van der Waals surface area (Å²) in [5.74, 6) is 0. The average Bonchev–Trinajstić information content (AvgIpc) is 2.03. The van der Waals surface area contributed by atoms with Gasteiger partial charge >= 0.3 is 0 Å². The second-order valence-electron chi connectivity index (χ2n) is 2.82. The topological polar surface area (TPSA) is 21.6 Å². The van der Waals surface area contributed by atoms with Gasteiger partial charge in [-0.2, -0.15) is 0 Å². The zero-order valence-corrected chi connectivity index (χ0v) is 9.18. The Hall–Kier alpha value is -0.370. The summed E-state index contributed by atoms with van der Waals surface area (Å²) in [6.07, 6.45) is 2.28. The van der Waals surface area contributed by atoms with Crippen LogP contribution in [0.15, 0.2) is 4.99 Å². The van der Waals surface area contributed by atoms with Crippen LogP contribution in [0.3, 0.4) is 0 Å². The molecule has 0 spiro atoms. The number of hydrogen-bond acceptors (Lipinski definition) is 2. The van der Waals surface area contributed by atoms with E-state index in [9.17, 15) is 0 Å². The first-order valence-electron chi connectivity index (χ1n) is 4.65. The lowest BCUT2D eigenvalue weighted by molar-refractivity contribution is 0.199. The van der Waals surface area contributed by atoms with Gasteiger partial charge in [-0.05, 0) is 26.7 Å². The molecule has 2 heteroatoms. The first-order valence-corrected chi connectivity index (χ1v) is 4.65. The van der Waals surface area contributed by atoms with Crippen LogP contribution in [0.4, 0.5) is 0 Å². The molecule has 0 amide bonds. The molecular weight excluding hydrogens is 150 g/mol. The van der Waals surface area contributed by atoms with E-state index in [2.05, 4.69) is 18.8 Å². The van der Waals surface area contributed by atoms with Crippen molar-refractivity contribution in [1.82, 2.24) is 0 Å². The van der Waals surface area contributed by atoms with E-state index >= 15 is 0 Å². The van der Waals surface area contributed by atoms with Gasteiger partial charge in [-0.15, -0.1) is 0 Å². The Morgan fingerprint density at radius 3 is 1.83 bits per heavy atom. The molecule has 0 rings (SSSR count). The number of rotatable bonds is 4. The third kappa shape index (κ3) is 22.6. The van der Waals surface area contributed by atoms with Gasteiger partial charge in [0.2, 0.25) is 0 Å². The molecule has 0 bridgehead atoms. The van der Waals surface area contributed by atoms with E-state index in [0.29, 0.717) is 0 Å². The van der Waals surface area contributed by atoms with E-state index in [-0.39, 0.29) is 0 Å². The van der Waals surface area contributed by atoms with Crippen LogP contribution < -0.4 is 0 Å². The van der Waals surface area contributed by atoms with E-state index in [1.807, 2.05) is 13.8 Å². The van der Waals surface area contributed by atoms with Gasteiger partial charge in [0.15, 0.2) is 0 Å². The summed E-state index contributed by atoms with van der Waals surface area (Å²) < 4.78 is 4.69. The summed E-state index contributed by atoms with van der Waals surface area (Å²) in [5, 5.41) is 0. The fourth-order valence-corrected chi connectivity index (χ4v) is 0.540. The van der Waals surface area contributed by atoms with E-state index in [4.69, 9.17) is 4.74 Å². The molecule has 2 nitrogen and oxygen atoms in total. The molecule has 0 aliphatic rings. The molecule has 0 aromatic heterocycles. The predicted octanol–water partition coefficient (Wildman–Crippen LogP) is 2.92. The van der Waals surface area contributed by atoms with Gasteiger partial charge < -0.3 is 4.74 Å². The van der Waals surface area contributed by atoms with Crippen molar-refractivity contribution in [3.63, 3.8) is 0 Å². The Morgan fingerprint density at radius 1 is 1.17 bits per heavy atom. The molecule has 0 aliphatic heterocycles. The van der Waals surface area contributed by atoms with E-state index in [0.717, 1.165) is 26.0 Å². The van der Waals surface area contributed by atoms with Gasteiger partial charge in [0.05, 0.1) is 0 Å². The summed E-state index contributed by atoms with van der Waals surface area (Å²) in [6, 6.07) is 0. The van der Waals surface area contributed by atoms with Gasteiger partial charge in [-0.25, -0.2) is 0 Å². The number of nitrogens with zero attached hydrogens (tertiary/aromatic N) is 1. The monoisotopic (exact) mass is 173 g/mol. The van der Waals surface area contributed by atoms with Gasteiger partial charge in [-0.1, -0.05) is 13.8 Å². The fourth-order valence-electron chi connectivity index (χ4n) is 0.540. The second kappa shape index (κ2) is 13.2. The highest BCUT2D eigenvalue weighted by Gasteiger charge is 1.73. The molecule has 0 aromatic carbocycles. The molecule has 0 aliphatic carbocycles. The van der Waals surface area contributed by atoms with Crippen LogP contribution in [-0.4, -0.2) is 26.0 Å². The zero-order valence-electron chi connectivity index (χ0n) is 9.18. The molecule has 0 saturated carbocycles. The summed E-state index contributed by atoms with van der Waals surface area (Å²) >= 11 is 0. The molecule has 12 heavy (non-hydrogen) atoms. The first kappa shape index (κ1) is 14.2. The number of hydrogen-bond donors (Lipinski definition) is 0. The van der Waals surface area contributed by atoms with Gasteiger partial charge in [0.1, 0.15) is 0 Å². The van der Waals surface area contributed by atoms with E-state index in [1.165, 1.54) is 5.71 Å². The standard InChI is InChI=1S/C6H13N.C4H10O/c1-4-5-7-6(2)3;1-3-4-5-2/h4-5H2,1-3H3;3-4H2,1-2H3. The van der Waals surface area contributed by atoms with Crippen molar-refractivity contribution in [3.05, 3.63) is 0 Å². The SMILES string of the molecule is CCCN=C(C)C.CCCOC. The number of aliphatic imine (C=N–C) groups is 1. The van der Waals surface area contributed by atoms with Crippen LogP contribution >= 0.6 is 0 Å². The maximum atomic E-state index is 4.69. The number of ether oxygens (including phenoxy) is 1. The van der Waals surface area contributed by atoms with E-state index < -0.39 is 0 Å². The first-order chi connectivity index (χ1) is 5.68. The van der Waals surface area contributed by atoms with Crippen LogP contribution in [0.25, 0.3) is 0 Å². The Morgan fingerprint density at radius 2 is 1.75 bits per heavy atom. The molecule has 74 valence electrons. The Labute approximate surface area is 77.0 Å². The summed E-state index contributed by atoms with van der Waals surface area (Å²) in [6.45, 7) is 10.1. The molecule has 0 atom stereocenters.